The van der Waals surface area contributed by atoms with Crippen molar-refractivity contribution in [3.8, 4) is 5.75 Å². The lowest BCUT2D eigenvalue weighted by molar-refractivity contribution is 0.311. The highest BCUT2D eigenvalue weighted by atomic mass is 19.1. The number of ether oxygens (including phenoxy) is 1. The van der Waals surface area contributed by atoms with Gasteiger partial charge >= 0.3 is 0 Å². The number of hydrazine groups is 1. The molecule has 114 valence electrons. The molecular formula is C16H27FN2O. The van der Waals surface area contributed by atoms with Crippen LogP contribution in [0.5, 0.6) is 5.75 Å². The van der Waals surface area contributed by atoms with Gasteiger partial charge in [-0.25, -0.2) is 4.39 Å². The highest BCUT2D eigenvalue weighted by Crippen LogP contribution is 2.23. The molecule has 0 aliphatic heterocycles. The number of hydrogen-bond acceptors (Lipinski definition) is 3. The van der Waals surface area contributed by atoms with Crippen molar-refractivity contribution < 1.29 is 9.13 Å². The zero-order valence-electron chi connectivity index (χ0n) is 12.8. The molecule has 0 saturated heterocycles. The number of hydrogen-bond donors (Lipinski definition) is 2. The summed E-state index contributed by atoms with van der Waals surface area (Å²) in [5, 5.41) is 0. The van der Waals surface area contributed by atoms with Gasteiger partial charge in [0.25, 0.3) is 0 Å². The van der Waals surface area contributed by atoms with Crippen molar-refractivity contribution >= 4 is 0 Å². The first kappa shape index (κ1) is 16.9. The van der Waals surface area contributed by atoms with E-state index in [9.17, 15) is 4.39 Å². The average Bonchev–Trinajstić information content (AvgIpc) is 2.45. The number of nitrogens with two attached hydrogens (primary N) is 1. The van der Waals surface area contributed by atoms with E-state index in [2.05, 4.69) is 19.3 Å². The Morgan fingerprint density at radius 2 is 1.90 bits per heavy atom. The van der Waals surface area contributed by atoms with Gasteiger partial charge in [0.15, 0.2) is 11.6 Å². The van der Waals surface area contributed by atoms with Crippen LogP contribution in [0.1, 0.15) is 45.1 Å². The van der Waals surface area contributed by atoms with Gasteiger partial charge in [-0.1, -0.05) is 32.8 Å². The summed E-state index contributed by atoms with van der Waals surface area (Å²) in [6.45, 7) is 4.37. The Labute approximate surface area is 121 Å². The van der Waals surface area contributed by atoms with Gasteiger partial charge in [0, 0.05) is 6.04 Å². The molecule has 0 aliphatic carbocycles. The Hall–Kier alpha value is -1.13. The van der Waals surface area contributed by atoms with Crippen LogP contribution in [0.3, 0.4) is 0 Å². The molecular weight excluding hydrogens is 255 g/mol. The fraction of sp³-hybridized carbons (Fsp3) is 0.625. The molecule has 0 aliphatic rings. The summed E-state index contributed by atoms with van der Waals surface area (Å²) in [5.41, 5.74) is 3.86. The summed E-state index contributed by atoms with van der Waals surface area (Å²) in [7, 11) is 1.47. The zero-order chi connectivity index (χ0) is 15.0. The smallest absolute Gasteiger partial charge is 0.165 e. The molecule has 0 amide bonds. The van der Waals surface area contributed by atoms with E-state index in [0.29, 0.717) is 5.92 Å². The van der Waals surface area contributed by atoms with Gasteiger partial charge in [-0.2, -0.15) is 0 Å². The van der Waals surface area contributed by atoms with Crippen LogP contribution in [0.4, 0.5) is 4.39 Å². The van der Waals surface area contributed by atoms with E-state index in [-0.39, 0.29) is 17.6 Å². The summed E-state index contributed by atoms with van der Waals surface area (Å²) in [6, 6.07) is 5.30. The second-order valence-electron chi connectivity index (χ2n) is 5.28. The van der Waals surface area contributed by atoms with E-state index in [0.717, 1.165) is 37.7 Å². The summed E-state index contributed by atoms with van der Waals surface area (Å²) in [5.74, 6) is 6.20. The SMILES string of the molecule is CCCC(CCC)C(Cc1ccc(OC)c(F)c1)NN. The first-order chi connectivity index (χ1) is 9.65. The fourth-order valence-corrected chi connectivity index (χ4v) is 2.74. The van der Waals surface area contributed by atoms with E-state index in [1.54, 1.807) is 6.07 Å². The minimum absolute atomic E-state index is 0.183. The van der Waals surface area contributed by atoms with Crippen LogP contribution in [0, 0.1) is 11.7 Å². The molecule has 1 aromatic carbocycles. The second kappa shape index (κ2) is 8.93. The normalized spacial score (nSPS) is 12.7. The average molecular weight is 282 g/mol. The summed E-state index contributed by atoms with van der Waals surface area (Å²) in [6.07, 6.45) is 5.30. The Kier molecular flexibility index (Phi) is 7.55. The number of halogens is 1. The minimum atomic E-state index is -0.316. The van der Waals surface area contributed by atoms with Gasteiger partial charge in [0.1, 0.15) is 0 Å². The molecule has 1 aromatic rings. The molecule has 1 rings (SSSR count). The minimum Gasteiger partial charge on any atom is -0.494 e. The third-order valence-corrected chi connectivity index (χ3v) is 3.77. The monoisotopic (exact) mass is 282 g/mol. The van der Waals surface area contributed by atoms with Gasteiger partial charge in [0.05, 0.1) is 7.11 Å². The summed E-state index contributed by atoms with van der Waals surface area (Å²) >= 11 is 0. The lowest BCUT2D eigenvalue weighted by Crippen LogP contribution is -2.42. The van der Waals surface area contributed by atoms with E-state index >= 15 is 0 Å². The van der Waals surface area contributed by atoms with Crippen LogP contribution in [0.15, 0.2) is 18.2 Å². The molecule has 0 heterocycles. The van der Waals surface area contributed by atoms with Gasteiger partial charge in [-0.3, -0.25) is 11.3 Å². The molecule has 1 atom stereocenters. The number of rotatable bonds is 9. The van der Waals surface area contributed by atoms with Crippen molar-refractivity contribution in [3.05, 3.63) is 29.6 Å². The van der Waals surface area contributed by atoms with Crippen LogP contribution in [0.2, 0.25) is 0 Å². The first-order valence-corrected chi connectivity index (χ1v) is 7.44. The predicted molar refractivity (Wildman–Crippen MR) is 81.1 cm³/mol. The first-order valence-electron chi connectivity index (χ1n) is 7.44. The number of benzene rings is 1. The molecule has 1 unspecified atom stereocenters. The van der Waals surface area contributed by atoms with Gasteiger partial charge in [-0.05, 0) is 42.9 Å². The largest absolute Gasteiger partial charge is 0.494 e. The molecule has 0 fully saturated rings. The molecule has 3 nitrogen and oxygen atoms in total. The van der Waals surface area contributed by atoms with Crippen molar-refractivity contribution in [2.45, 2.75) is 52.0 Å². The van der Waals surface area contributed by atoms with Crippen molar-refractivity contribution in [1.82, 2.24) is 5.43 Å². The fourth-order valence-electron chi connectivity index (χ4n) is 2.74. The van der Waals surface area contributed by atoms with Gasteiger partial charge < -0.3 is 4.74 Å². The third-order valence-electron chi connectivity index (χ3n) is 3.77. The van der Waals surface area contributed by atoms with Crippen LogP contribution < -0.4 is 16.0 Å². The molecule has 20 heavy (non-hydrogen) atoms. The Morgan fingerprint density at radius 3 is 2.35 bits per heavy atom. The maximum Gasteiger partial charge on any atom is 0.165 e. The van der Waals surface area contributed by atoms with E-state index in [1.165, 1.54) is 13.2 Å². The van der Waals surface area contributed by atoms with Crippen molar-refractivity contribution in [2.24, 2.45) is 11.8 Å². The van der Waals surface area contributed by atoms with Crippen molar-refractivity contribution in [2.75, 3.05) is 7.11 Å². The van der Waals surface area contributed by atoms with E-state index in [4.69, 9.17) is 10.6 Å². The number of methoxy groups -OCH3 is 1. The predicted octanol–water partition coefficient (Wildman–Crippen LogP) is 3.43. The lowest BCUT2D eigenvalue weighted by Gasteiger charge is -2.26. The molecule has 0 saturated carbocycles. The molecule has 4 heteroatoms. The molecule has 0 radical (unpaired) electrons. The van der Waals surface area contributed by atoms with Gasteiger partial charge in [-0.15, -0.1) is 0 Å². The van der Waals surface area contributed by atoms with Crippen molar-refractivity contribution in [3.63, 3.8) is 0 Å². The van der Waals surface area contributed by atoms with Crippen LogP contribution >= 0.6 is 0 Å². The lowest BCUT2D eigenvalue weighted by atomic mass is 9.87. The summed E-state index contributed by atoms with van der Waals surface area (Å²) in [4.78, 5) is 0. The topological polar surface area (TPSA) is 47.3 Å². The molecule has 0 aromatic heterocycles. The molecule has 3 N–H and O–H groups in total. The van der Waals surface area contributed by atoms with Crippen LogP contribution in [-0.4, -0.2) is 13.2 Å². The van der Waals surface area contributed by atoms with Gasteiger partial charge in [0.2, 0.25) is 0 Å². The Bertz CT molecular complexity index is 392. The highest BCUT2D eigenvalue weighted by Gasteiger charge is 2.19. The molecule has 0 bridgehead atoms. The maximum atomic E-state index is 13.7. The maximum absolute atomic E-state index is 13.7. The van der Waals surface area contributed by atoms with Crippen molar-refractivity contribution in [1.29, 1.82) is 0 Å². The van der Waals surface area contributed by atoms with E-state index < -0.39 is 0 Å². The second-order valence-corrected chi connectivity index (χ2v) is 5.28. The Morgan fingerprint density at radius 1 is 1.25 bits per heavy atom. The number of nitrogens with one attached hydrogen (secondary N) is 1. The quantitative estimate of drug-likeness (QED) is 0.539. The summed E-state index contributed by atoms with van der Waals surface area (Å²) < 4.78 is 18.7. The van der Waals surface area contributed by atoms with Crippen LogP contribution in [-0.2, 0) is 6.42 Å². The highest BCUT2D eigenvalue weighted by molar-refractivity contribution is 5.29. The standard InChI is InChI=1S/C16H27FN2O/c1-4-6-13(7-5-2)15(19-18)11-12-8-9-16(20-3)14(17)10-12/h8-10,13,15,19H,4-7,11,18H2,1-3H3. The third kappa shape index (κ3) is 4.76. The molecule has 0 spiro atoms. The van der Waals surface area contributed by atoms with E-state index in [1.807, 2.05) is 6.07 Å². The van der Waals surface area contributed by atoms with Crippen LogP contribution in [0.25, 0.3) is 0 Å². The Balaban J connectivity index is 2.78. The zero-order valence-corrected chi connectivity index (χ0v) is 12.8.